The fraction of sp³-hybridized carbons (Fsp3) is 0.235. The molecule has 0 aromatic heterocycles. The molecule has 3 nitrogen and oxygen atoms in total. The van der Waals surface area contributed by atoms with Crippen LogP contribution in [0.5, 0.6) is 0 Å². The zero-order chi connectivity index (χ0) is 13.7. The van der Waals surface area contributed by atoms with Gasteiger partial charge in [-0.05, 0) is 25.5 Å². The molecule has 4 rings (SSSR count). The Bertz CT molecular complexity index is 703. The molecule has 0 bridgehead atoms. The van der Waals surface area contributed by atoms with Gasteiger partial charge in [-0.1, -0.05) is 42.5 Å². The van der Waals surface area contributed by atoms with Crippen LogP contribution >= 0.6 is 0 Å². The van der Waals surface area contributed by atoms with Crippen LogP contribution in [-0.2, 0) is 0 Å². The number of amidine groups is 1. The molecule has 2 heterocycles. The van der Waals surface area contributed by atoms with Crippen molar-refractivity contribution in [3.05, 3.63) is 54.1 Å². The molecule has 0 unspecified atom stereocenters. The summed E-state index contributed by atoms with van der Waals surface area (Å²) in [4.78, 5) is 2.32. The molecule has 0 saturated heterocycles. The summed E-state index contributed by atoms with van der Waals surface area (Å²) in [5.74, 6) is 1.08. The number of hydrazone groups is 1. The third-order valence-electron chi connectivity index (χ3n) is 4.01. The van der Waals surface area contributed by atoms with Crippen molar-refractivity contribution in [1.82, 2.24) is 5.01 Å². The molecule has 0 aliphatic carbocycles. The predicted molar refractivity (Wildman–Crippen MR) is 82.7 cm³/mol. The summed E-state index contributed by atoms with van der Waals surface area (Å²) in [5.41, 5.74) is 5.07. The lowest BCUT2D eigenvalue weighted by Crippen LogP contribution is -2.35. The van der Waals surface area contributed by atoms with Crippen LogP contribution in [0.1, 0.15) is 19.4 Å². The minimum absolute atomic E-state index is 0.410. The van der Waals surface area contributed by atoms with Crippen LogP contribution < -0.4 is 4.90 Å². The molecule has 2 aliphatic rings. The summed E-state index contributed by atoms with van der Waals surface area (Å²) in [6.45, 7) is 5.19. The second-order valence-electron chi connectivity index (χ2n) is 5.59. The smallest absolute Gasteiger partial charge is 0.162 e. The maximum absolute atomic E-state index is 4.83. The molecular weight excluding hydrogens is 246 g/mol. The van der Waals surface area contributed by atoms with Crippen LogP contribution in [0.4, 0.5) is 5.69 Å². The molecule has 0 saturated carbocycles. The van der Waals surface area contributed by atoms with Gasteiger partial charge in [0.05, 0.1) is 5.69 Å². The Hall–Kier alpha value is -2.29. The molecule has 100 valence electrons. The van der Waals surface area contributed by atoms with Gasteiger partial charge in [0.1, 0.15) is 6.67 Å². The van der Waals surface area contributed by atoms with E-state index in [4.69, 9.17) is 5.10 Å². The number of hydrogen-bond acceptors (Lipinski definition) is 3. The monoisotopic (exact) mass is 263 g/mol. The highest BCUT2D eigenvalue weighted by molar-refractivity contribution is 6.19. The Balaban J connectivity index is 1.96. The number of anilines is 1. The third-order valence-corrected chi connectivity index (χ3v) is 4.01. The zero-order valence-electron chi connectivity index (χ0n) is 11.7. The van der Waals surface area contributed by atoms with Gasteiger partial charge in [0.15, 0.2) is 5.84 Å². The van der Waals surface area contributed by atoms with Crippen molar-refractivity contribution in [2.45, 2.75) is 19.9 Å². The fourth-order valence-electron chi connectivity index (χ4n) is 2.94. The fourth-order valence-corrected chi connectivity index (χ4v) is 2.94. The van der Waals surface area contributed by atoms with Crippen LogP contribution in [-0.4, -0.2) is 23.6 Å². The van der Waals surface area contributed by atoms with E-state index in [2.05, 4.69) is 72.3 Å². The van der Waals surface area contributed by atoms with Gasteiger partial charge < -0.3 is 4.90 Å². The van der Waals surface area contributed by atoms with E-state index in [9.17, 15) is 0 Å². The van der Waals surface area contributed by atoms with E-state index in [1.54, 1.807) is 0 Å². The van der Waals surface area contributed by atoms with Gasteiger partial charge in [0.2, 0.25) is 0 Å². The van der Waals surface area contributed by atoms with E-state index < -0.39 is 0 Å². The zero-order valence-corrected chi connectivity index (χ0v) is 11.7. The Labute approximate surface area is 119 Å². The Morgan fingerprint density at radius 2 is 1.55 bits per heavy atom. The summed E-state index contributed by atoms with van der Waals surface area (Å²) in [5, 5.41) is 6.97. The van der Waals surface area contributed by atoms with Gasteiger partial charge in [-0.25, -0.2) is 0 Å². The molecule has 0 N–H and O–H groups in total. The molecular formula is C17H17N3. The first-order chi connectivity index (χ1) is 9.75. The first kappa shape index (κ1) is 11.5. The van der Waals surface area contributed by atoms with E-state index in [-0.39, 0.29) is 0 Å². The molecule has 0 atom stereocenters. The second kappa shape index (κ2) is 4.10. The Kier molecular flexibility index (Phi) is 2.36. The highest BCUT2D eigenvalue weighted by Gasteiger charge is 2.33. The molecule has 0 fully saturated rings. The van der Waals surface area contributed by atoms with Gasteiger partial charge in [0.25, 0.3) is 0 Å². The highest BCUT2D eigenvalue weighted by atomic mass is 15.6. The Morgan fingerprint density at radius 1 is 0.900 bits per heavy atom. The summed E-state index contributed by atoms with van der Waals surface area (Å²) in [6, 6.07) is 17.5. The quantitative estimate of drug-likeness (QED) is 0.784. The highest BCUT2D eigenvalue weighted by Crippen LogP contribution is 2.40. The van der Waals surface area contributed by atoms with Crippen molar-refractivity contribution in [3.63, 3.8) is 0 Å². The maximum Gasteiger partial charge on any atom is 0.162 e. The van der Waals surface area contributed by atoms with Crippen molar-refractivity contribution in [1.29, 1.82) is 0 Å². The van der Waals surface area contributed by atoms with E-state index in [1.807, 2.05) is 0 Å². The first-order valence-electron chi connectivity index (χ1n) is 7.07. The maximum atomic E-state index is 4.83. The van der Waals surface area contributed by atoms with E-state index in [0.29, 0.717) is 6.04 Å². The number of fused-ring (bicyclic) bond motifs is 6. The number of para-hydroxylation sites is 1. The topological polar surface area (TPSA) is 18.8 Å². The summed E-state index contributed by atoms with van der Waals surface area (Å²) in [6.07, 6.45) is 0. The SMILES string of the molecule is CC(C)N1CN2C(=N1)c1ccccc1-c1ccccc12. The predicted octanol–water partition coefficient (Wildman–Crippen LogP) is 3.52. The van der Waals surface area contributed by atoms with Crippen molar-refractivity contribution >= 4 is 11.5 Å². The van der Waals surface area contributed by atoms with Gasteiger partial charge in [-0.15, -0.1) is 0 Å². The number of rotatable bonds is 1. The van der Waals surface area contributed by atoms with Crippen LogP contribution in [0.2, 0.25) is 0 Å². The average molecular weight is 263 g/mol. The van der Waals surface area contributed by atoms with Crippen LogP contribution in [0.3, 0.4) is 0 Å². The molecule has 0 amide bonds. The van der Waals surface area contributed by atoms with Crippen LogP contribution in [0.15, 0.2) is 53.6 Å². The van der Waals surface area contributed by atoms with Gasteiger partial charge in [0, 0.05) is 17.2 Å². The van der Waals surface area contributed by atoms with Gasteiger partial charge >= 0.3 is 0 Å². The number of nitrogens with zero attached hydrogens (tertiary/aromatic N) is 3. The summed E-state index contributed by atoms with van der Waals surface area (Å²) in [7, 11) is 0. The first-order valence-corrected chi connectivity index (χ1v) is 7.07. The van der Waals surface area contributed by atoms with Gasteiger partial charge in [-0.2, -0.15) is 5.10 Å². The molecule has 0 spiro atoms. The molecule has 2 aromatic carbocycles. The van der Waals surface area contributed by atoms with E-state index >= 15 is 0 Å². The van der Waals surface area contributed by atoms with Crippen molar-refractivity contribution in [2.24, 2.45) is 5.10 Å². The lowest BCUT2D eigenvalue weighted by Gasteiger charge is -2.30. The summed E-state index contributed by atoms with van der Waals surface area (Å²) < 4.78 is 0. The van der Waals surface area contributed by atoms with E-state index in [1.165, 1.54) is 22.4 Å². The molecule has 20 heavy (non-hydrogen) atoms. The van der Waals surface area contributed by atoms with Gasteiger partial charge in [-0.3, -0.25) is 5.01 Å². The van der Waals surface area contributed by atoms with Crippen molar-refractivity contribution in [3.8, 4) is 11.1 Å². The van der Waals surface area contributed by atoms with Crippen molar-refractivity contribution in [2.75, 3.05) is 11.6 Å². The minimum Gasteiger partial charge on any atom is -0.304 e. The lowest BCUT2D eigenvalue weighted by molar-refractivity contribution is 0.258. The third kappa shape index (κ3) is 1.49. The van der Waals surface area contributed by atoms with Crippen LogP contribution in [0, 0.1) is 0 Å². The molecule has 0 radical (unpaired) electrons. The van der Waals surface area contributed by atoms with E-state index in [0.717, 1.165) is 12.5 Å². The largest absolute Gasteiger partial charge is 0.304 e. The van der Waals surface area contributed by atoms with Crippen molar-refractivity contribution < 1.29 is 0 Å². The standard InChI is InChI=1S/C17H17N3/c1-12(2)20-11-19-16-10-6-5-8-14(16)13-7-3-4-9-15(13)17(19)18-20/h3-10,12H,11H2,1-2H3. The number of benzene rings is 2. The minimum atomic E-state index is 0.410. The molecule has 2 aromatic rings. The Morgan fingerprint density at radius 3 is 2.30 bits per heavy atom. The normalized spacial score (nSPS) is 15.8. The van der Waals surface area contributed by atoms with Crippen LogP contribution in [0.25, 0.3) is 11.1 Å². The second-order valence-corrected chi connectivity index (χ2v) is 5.59. The lowest BCUT2D eigenvalue weighted by atomic mass is 9.93. The number of hydrogen-bond donors (Lipinski definition) is 0. The molecule has 3 heteroatoms. The summed E-state index contributed by atoms with van der Waals surface area (Å²) >= 11 is 0. The average Bonchev–Trinajstić information content (AvgIpc) is 2.93. The molecule has 2 aliphatic heterocycles.